The molecule has 198 valence electrons. The summed E-state index contributed by atoms with van der Waals surface area (Å²) >= 11 is 0. The summed E-state index contributed by atoms with van der Waals surface area (Å²) in [5, 5.41) is 9.05. The lowest BCUT2D eigenvalue weighted by molar-refractivity contribution is -0.138. The monoisotopic (exact) mass is 517 g/mol. The smallest absolute Gasteiger partial charge is 0.321 e. The molecular weight excluding hydrogens is 486 g/mol. The summed E-state index contributed by atoms with van der Waals surface area (Å²) in [5.74, 6) is -0.238. The van der Waals surface area contributed by atoms with E-state index in [1.54, 1.807) is 17.3 Å². The minimum atomic E-state index is -0.721. The predicted molar refractivity (Wildman–Crippen MR) is 140 cm³/mol. The molecule has 10 heteroatoms. The molecule has 10 nitrogen and oxygen atoms in total. The Morgan fingerprint density at radius 2 is 1.82 bits per heavy atom. The highest BCUT2D eigenvalue weighted by Crippen LogP contribution is 2.38. The highest BCUT2D eigenvalue weighted by Gasteiger charge is 2.30. The van der Waals surface area contributed by atoms with Crippen molar-refractivity contribution in [3.63, 3.8) is 0 Å². The second kappa shape index (κ2) is 11.5. The van der Waals surface area contributed by atoms with Gasteiger partial charge in [-0.05, 0) is 72.9 Å². The lowest BCUT2D eigenvalue weighted by atomic mass is 9.77. The van der Waals surface area contributed by atoms with Gasteiger partial charge in [0.25, 0.3) is 5.91 Å². The third-order valence-electron chi connectivity index (χ3n) is 7.25. The highest BCUT2D eigenvalue weighted by molar-refractivity contribution is 6.10. The zero-order chi connectivity index (χ0) is 26.5. The zero-order valence-corrected chi connectivity index (χ0v) is 21.1. The minimum Gasteiger partial charge on any atom is -0.481 e. The number of rotatable bonds is 8. The van der Waals surface area contributed by atoms with Gasteiger partial charge in [0.2, 0.25) is 5.88 Å². The molecular formula is C28H31N5O5. The highest BCUT2D eigenvalue weighted by atomic mass is 16.5. The topological polar surface area (TPSA) is 141 Å². The Bertz CT molecular complexity index is 1280. The van der Waals surface area contributed by atoms with Gasteiger partial charge in [-0.2, -0.15) is 9.97 Å². The molecule has 1 amide bonds. The van der Waals surface area contributed by atoms with Crippen LogP contribution in [0.4, 0.5) is 11.5 Å². The van der Waals surface area contributed by atoms with E-state index in [-0.39, 0.29) is 48.1 Å². The van der Waals surface area contributed by atoms with Crippen molar-refractivity contribution in [2.24, 2.45) is 5.92 Å². The molecule has 1 saturated carbocycles. The van der Waals surface area contributed by atoms with Gasteiger partial charge >= 0.3 is 12.0 Å². The molecule has 1 aromatic carbocycles. The number of carboxylic acid groups (broad SMARTS) is 1. The molecule has 0 atom stereocenters. The number of ether oxygens (including phenoxy) is 2. The number of nitrogens with two attached hydrogens (primary N) is 1. The van der Waals surface area contributed by atoms with E-state index >= 15 is 0 Å². The van der Waals surface area contributed by atoms with Gasteiger partial charge in [0, 0.05) is 30.9 Å². The third-order valence-corrected chi connectivity index (χ3v) is 7.25. The van der Waals surface area contributed by atoms with E-state index in [1.807, 2.05) is 24.3 Å². The molecule has 0 unspecified atom stereocenters. The van der Waals surface area contributed by atoms with Crippen molar-refractivity contribution in [3.8, 4) is 11.9 Å². The van der Waals surface area contributed by atoms with Crippen LogP contribution in [0.2, 0.25) is 0 Å². The van der Waals surface area contributed by atoms with Crippen LogP contribution in [0.25, 0.3) is 0 Å². The van der Waals surface area contributed by atoms with Gasteiger partial charge < -0.3 is 25.2 Å². The summed E-state index contributed by atoms with van der Waals surface area (Å²) < 4.78 is 11.5. The molecule has 3 aromatic rings. The summed E-state index contributed by atoms with van der Waals surface area (Å²) in [6, 6.07) is 11.9. The fourth-order valence-corrected chi connectivity index (χ4v) is 5.21. The number of nitrogens with zero attached hydrogens (tertiary/aromatic N) is 4. The van der Waals surface area contributed by atoms with Crippen LogP contribution in [-0.2, 0) is 11.2 Å². The van der Waals surface area contributed by atoms with E-state index in [2.05, 4.69) is 27.1 Å². The number of nitrogen functional groups attached to an aromatic ring is 1. The first-order valence-electron chi connectivity index (χ1n) is 12.9. The molecule has 0 radical (unpaired) electrons. The van der Waals surface area contributed by atoms with Crippen LogP contribution in [0.1, 0.15) is 59.5 Å². The van der Waals surface area contributed by atoms with Gasteiger partial charge in [-0.3, -0.25) is 14.6 Å². The molecule has 38 heavy (non-hydrogen) atoms. The number of fused-ring (bicyclic) bond motifs is 1. The van der Waals surface area contributed by atoms with E-state index in [1.165, 1.54) is 5.56 Å². The number of carboxylic acids is 1. The van der Waals surface area contributed by atoms with Gasteiger partial charge in [-0.15, -0.1) is 0 Å². The standard InChI is InChI=1S/C28H31N5O5/c29-25-24-26(32-28(31-25)38-15-11-18-9-12-30-13-10-18)37-16-14-33(27(24)36)22-7-5-21(6-8-22)20-3-1-19(2-4-20)17-23(34)35/h5-10,12-13,19-20H,1-4,11,14-17H2,(H,34,35)(H2,29,31,32). The van der Waals surface area contributed by atoms with Crippen LogP contribution in [0.3, 0.4) is 0 Å². The van der Waals surface area contributed by atoms with Crippen LogP contribution < -0.4 is 20.1 Å². The van der Waals surface area contributed by atoms with E-state index < -0.39 is 5.97 Å². The summed E-state index contributed by atoms with van der Waals surface area (Å²) in [6.45, 7) is 0.934. The molecule has 1 aliphatic carbocycles. The third kappa shape index (κ3) is 5.85. The number of pyridine rings is 1. The lowest BCUT2D eigenvalue weighted by Crippen LogP contribution is -2.32. The van der Waals surface area contributed by atoms with Crippen molar-refractivity contribution in [3.05, 3.63) is 65.5 Å². The molecule has 0 bridgehead atoms. The van der Waals surface area contributed by atoms with Crippen molar-refractivity contribution >= 4 is 23.4 Å². The molecule has 2 aromatic heterocycles. The fraction of sp³-hybridized carbons (Fsp3) is 0.393. The minimum absolute atomic E-state index is 0.0144. The Balaban J connectivity index is 1.25. The van der Waals surface area contributed by atoms with Crippen LogP contribution >= 0.6 is 0 Å². The maximum atomic E-state index is 13.5. The Hall–Kier alpha value is -4.21. The van der Waals surface area contributed by atoms with Crippen molar-refractivity contribution < 1.29 is 24.2 Å². The number of carbonyl (C=O) groups excluding carboxylic acids is 1. The first kappa shape index (κ1) is 25.4. The first-order chi connectivity index (χ1) is 18.5. The SMILES string of the molecule is Nc1nc(OCCc2ccncc2)nc2c1C(=O)N(c1ccc(C3CCC(CC(=O)O)CC3)cc1)CCO2. The van der Waals surface area contributed by atoms with Crippen LogP contribution in [-0.4, -0.2) is 51.7 Å². The average molecular weight is 518 g/mol. The van der Waals surface area contributed by atoms with Crippen molar-refractivity contribution in [2.45, 2.75) is 44.4 Å². The average Bonchev–Trinajstić information content (AvgIpc) is 3.08. The normalized spacial score (nSPS) is 19.3. The number of benzene rings is 1. The number of hydrogen-bond donors (Lipinski definition) is 2. The Morgan fingerprint density at radius 3 is 2.53 bits per heavy atom. The predicted octanol–water partition coefficient (Wildman–Crippen LogP) is 3.86. The van der Waals surface area contributed by atoms with Crippen molar-refractivity contribution in [2.75, 3.05) is 30.4 Å². The molecule has 0 spiro atoms. The van der Waals surface area contributed by atoms with Crippen LogP contribution in [0.5, 0.6) is 11.9 Å². The maximum absolute atomic E-state index is 13.5. The number of anilines is 2. The van der Waals surface area contributed by atoms with E-state index in [4.69, 9.17) is 20.3 Å². The van der Waals surface area contributed by atoms with Gasteiger partial charge in [0.15, 0.2) is 0 Å². The van der Waals surface area contributed by atoms with E-state index in [0.717, 1.165) is 36.9 Å². The number of aliphatic carboxylic acids is 1. The maximum Gasteiger partial charge on any atom is 0.321 e. The van der Waals surface area contributed by atoms with E-state index in [0.29, 0.717) is 25.5 Å². The van der Waals surface area contributed by atoms with Crippen molar-refractivity contribution in [1.29, 1.82) is 0 Å². The van der Waals surface area contributed by atoms with Gasteiger partial charge in [-0.1, -0.05) is 12.1 Å². The largest absolute Gasteiger partial charge is 0.481 e. The molecule has 1 aliphatic heterocycles. The summed E-state index contributed by atoms with van der Waals surface area (Å²) in [6.07, 6.45) is 8.14. The second-order valence-corrected chi connectivity index (χ2v) is 9.74. The summed E-state index contributed by atoms with van der Waals surface area (Å²) in [4.78, 5) is 38.6. The molecule has 1 fully saturated rings. The number of aromatic nitrogens is 3. The quantitative estimate of drug-likeness (QED) is 0.455. The Morgan fingerprint density at radius 1 is 1.08 bits per heavy atom. The molecule has 0 saturated heterocycles. The summed E-state index contributed by atoms with van der Waals surface area (Å²) in [5.41, 5.74) is 9.33. The van der Waals surface area contributed by atoms with Crippen LogP contribution in [0, 0.1) is 5.92 Å². The molecule has 5 rings (SSSR count). The number of hydrogen-bond acceptors (Lipinski definition) is 8. The Kier molecular flexibility index (Phi) is 7.67. The first-order valence-corrected chi connectivity index (χ1v) is 12.9. The van der Waals surface area contributed by atoms with Gasteiger partial charge in [-0.25, -0.2) is 0 Å². The van der Waals surface area contributed by atoms with Crippen LogP contribution in [0.15, 0.2) is 48.8 Å². The number of carbonyl (C=O) groups is 2. The lowest BCUT2D eigenvalue weighted by Gasteiger charge is -2.28. The molecule has 3 N–H and O–H groups in total. The van der Waals surface area contributed by atoms with Gasteiger partial charge in [0.1, 0.15) is 18.0 Å². The Labute approximate surface area is 220 Å². The van der Waals surface area contributed by atoms with Gasteiger partial charge in [0.05, 0.1) is 13.2 Å². The fourth-order valence-electron chi connectivity index (χ4n) is 5.21. The summed E-state index contributed by atoms with van der Waals surface area (Å²) in [7, 11) is 0. The molecule has 2 aliphatic rings. The number of amides is 1. The zero-order valence-electron chi connectivity index (χ0n) is 21.1. The van der Waals surface area contributed by atoms with E-state index in [9.17, 15) is 9.59 Å². The van der Waals surface area contributed by atoms with Crippen molar-refractivity contribution in [1.82, 2.24) is 15.0 Å². The second-order valence-electron chi connectivity index (χ2n) is 9.74. The molecule has 3 heterocycles.